The lowest BCUT2D eigenvalue weighted by atomic mass is 9.96. The van der Waals surface area contributed by atoms with E-state index in [1.54, 1.807) is 19.5 Å². The van der Waals surface area contributed by atoms with E-state index in [9.17, 15) is 4.79 Å². The van der Waals surface area contributed by atoms with Gasteiger partial charge in [-0.15, -0.1) is 0 Å². The molecular weight excluding hydrogens is 356 g/mol. The van der Waals surface area contributed by atoms with Crippen LogP contribution in [0.25, 0.3) is 11.4 Å². The summed E-state index contributed by atoms with van der Waals surface area (Å²) in [6.07, 6.45) is 5.16. The monoisotopic (exact) mass is 378 g/mol. The third-order valence-corrected chi connectivity index (χ3v) is 4.93. The summed E-state index contributed by atoms with van der Waals surface area (Å²) >= 11 is 0. The number of pyridine rings is 1. The second kappa shape index (κ2) is 8.08. The Hall–Kier alpha value is -3.42. The number of piperidine rings is 1. The number of aromatic nitrogens is 4. The average molecular weight is 378 g/mol. The van der Waals surface area contributed by atoms with Crippen LogP contribution in [-0.2, 0) is 0 Å². The molecule has 0 unspecified atom stereocenters. The Kier molecular flexibility index (Phi) is 5.18. The van der Waals surface area contributed by atoms with Crippen LogP contribution in [0.1, 0.15) is 24.6 Å². The molecule has 1 saturated heterocycles. The normalized spacial score (nSPS) is 14.7. The number of carbonyl (C=O) groups excluding carboxylic acids is 1. The van der Waals surface area contributed by atoms with Crippen molar-refractivity contribution in [2.75, 3.05) is 25.5 Å². The smallest absolute Gasteiger partial charge is 0.321 e. The molecule has 28 heavy (non-hydrogen) atoms. The lowest BCUT2D eigenvalue weighted by Gasteiger charge is -2.31. The molecule has 1 aliphatic rings. The van der Waals surface area contributed by atoms with Crippen molar-refractivity contribution in [3.8, 4) is 17.1 Å². The molecule has 3 aromatic rings. The molecule has 0 saturated carbocycles. The summed E-state index contributed by atoms with van der Waals surface area (Å²) in [6.45, 7) is 1.35. The van der Waals surface area contributed by atoms with Crippen molar-refractivity contribution in [3.05, 3.63) is 54.6 Å². The van der Waals surface area contributed by atoms with E-state index in [0.717, 1.165) is 35.7 Å². The summed E-state index contributed by atoms with van der Waals surface area (Å²) in [4.78, 5) is 23.1. The average Bonchev–Trinajstić information content (AvgIpc) is 3.25. The molecule has 3 heterocycles. The van der Waals surface area contributed by atoms with Gasteiger partial charge in [0.1, 0.15) is 11.6 Å². The van der Waals surface area contributed by atoms with Gasteiger partial charge in [-0.1, -0.05) is 0 Å². The SMILES string of the molecule is COc1ccc(NC(=O)N2CCC(c3nc(-c4cccnc4)n[nH]3)CC2)cc1. The van der Waals surface area contributed by atoms with Crippen LogP contribution in [0.2, 0.25) is 0 Å². The van der Waals surface area contributed by atoms with Gasteiger partial charge in [0.05, 0.1) is 7.11 Å². The highest BCUT2D eigenvalue weighted by atomic mass is 16.5. The van der Waals surface area contributed by atoms with E-state index in [-0.39, 0.29) is 11.9 Å². The highest BCUT2D eigenvalue weighted by molar-refractivity contribution is 5.89. The number of hydrogen-bond acceptors (Lipinski definition) is 5. The first-order valence-corrected chi connectivity index (χ1v) is 9.25. The minimum atomic E-state index is -0.0859. The molecular formula is C20H22N6O2. The summed E-state index contributed by atoms with van der Waals surface area (Å²) in [7, 11) is 1.62. The second-order valence-corrected chi connectivity index (χ2v) is 6.71. The van der Waals surface area contributed by atoms with Crippen LogP contribution in [0.3, 0.4) is 0 Å². The maximum Gasteiger partial charge on any atom is 0.321 e. The maximum absolute atomic E-state index is 12.5. The second-order valence-electron chi connectivity index (χ2n) is 6.71. The number of urea groups is 1. The number of ether oxygens (including phenoxy) is 1. The quantitative estimate of drug-likeness (QED) is 0.726. The van der Waals surface area contributed by atoms with E-state index < -0.39 is 0 Å². The number of rotatable bonds is 4. The summed E-state index contributed by atoms with van der Waals surface area (Å²) in [5.41, 5.74) is 1.64. The number of benzene rings is 1. The summed E-state index contributed by atoms with van der Waals surface area (Å²) in [5.74, 6) is 2.55. The van der Waals surface area contributed by atoms with Gasteiger partial charge < -0.3 is 15.0 Å². The first-order chi connectivity index (χ1) is 13.7. The highest BCUT2D eigenvalue weighted by Crippen LogP contribution is 2.27. The van der Waals surface area contributed by atoms with E-state index in [4.69, 9.17) is 4.74 Å². The van der Waals surface area contributed by atoms with Crippen molar-refractivity contribution in [3.63, 3.8) is 0 Å². The summed E-state index contributed by atoms with van der Waals surface area (Å²) < 4.78 is 5.13. The Balaban J connectivity index is 1.33. The molecule has 8 heteroatoms. The molecule has 4 rings (SSSR count). The van der Waals surface area contributed by atoms with Crippen molar-refractivity contribution in [2.45, 2.75) is 18.8 Å². The minimum absolute atomic E-state index is 0.0859. The molecule has 144 valence electrons. The van der Waals surface area contributed by atoms with Gasteiger partial charge in [-0.2, -0.15) is 5.10 Å². The number of amides is 2. The zero-order valence-corrected chi connectivity index (χ0v) is 15.6. The molecule has 2 N–H and O–H groups in total. The van der Waals surface area contributed by atoms with E-state index in [1.807, 2.05) is 41.3 Å². The molecule has 1 fully saturated rings. The molecule has 1 aliphatic heterocycles. The number of nitrogens with one attached hydrogen (secondary N) is 2. The van der Waals surface area contributed by atoms with Gasteiger partial charge in [0.15, 0.2) is 5.82 Å². The molecule has 0 aliphatic carbocycles. The number of likely N-dealkylation sites (tertiary alicyclic amines) is 1. The maximum atomic E-state index is 12.5. The largest absolute Gasteiger partial charge is 0.497 e. The van der Waals surface area contributed by atoms with Gasteiger partial charge in [-0.25, -0.2) is 9.78 Å². The van der Waals surface area contributed by atoms with E-state index in [2.05, 4.69) is 25.5 Å². The lowest BCUT2D eigenvalue weighted by Crippen LogP contribution is -2.40. The van der Waals surface area contributed by atoms with Gasteiger partial charge in [-0.05, 0) is 49.2 Å². The number of methoxy groups -OCH3 is 1. The van der Waals surface area contributed by atoms with E-state index in [0.29, 0.717) is 18.9 Å². The zero-order chi connectivity index (χ0) is 19.3. The molecule has 0 spiro atoms. The number of anilines is 1. The highest BCUT2D eigenvalue weighted by Gasteiger charge is 2.26. The number of hydrogen-bond donors (Lipinski definition) is 2. The van der Waals surface area contributed by atoms with Crippen molar-refractivity contribution in [1.82, 2.24) is 25.1 Å². The van der Waals surface area contributed by atoms with E-state index in [1.165, 1.54) is 0 Å². The fraction of sp³-hybridized carbons (Fsp3) is 0.300. The number of carbonyl (C=O) groups is 1. The number of H-pyrrole nitrogens is 1. The Labute approximate surface area is 163 Å². The Morgan fingerprint density at radius 1 is 1.21 bits per heavy atom. The van der Waals surface area contributed by atoms with Gasteiger partial charge >= 0.3 is 6.03 Å². The minimum Gasteiger partial charge on any atom is -0.497 e. The molecule has 1 aromatic carbocycles. The van der Waals surface area contributed by atoms with Crippen molar-refractivity contribution < 1.29 is 9.53 Å². The predicted molar refractivity (Wildman–Crippen MR) is 105 cm³/mol. The Morgan fingerprint density at radius 2 is 2.00 bits per heavy atom. The summed E-state index contributed by atoms with van der Waals surface area (Å²) in [5, 5.41) is 10.3. The first-order valence-electron chi connectivity index (χ1n) is 9.25. The lowest BCUT2D eigenvalue weighted by molar-refractivity contribution is 0.193. The van der Waals surface area contributed by atoms with Crippen LogP contribution in [-0.4, -0.2) is 51.3 Å². The van der Waals surface area contributed by atoms with Crippen LogP contribution in [0, 0.1) is 0 Å². The number of nitrogens with zero attached hydrogens (tertiary/aromatic N) is 4. The van der Waals surface area contributed by atoms with Gasteiger partial charge in [0.25, 0.3) is 0 Å². The van der Waals surface area contributed by atoms with Gasteiger partial charge in [0, 0.05) is 42.7 Å². The fourth-order valence-electron chi connectivity index (χ4n) is 3.31. The van der Waals surface area contributed by atoms with Crippen molar-refractivity contribution >= 4 is 11.7 Å². The standard InChI is InChI=1S/C20H22N6O2/c1-28-17-6-4-16(5-7-17)22-20(27)26-11-8-14(9-12-26)18-23-19(25-24-18)15-3-2-10-21-13-15/h2-7,10,13-14H,8-9,11-12H2,1H3,(H,22,27)(H,23,24,25). The van der Waals surface area contributed by atoms with Crippen LogP contribution in [0.15, 0.2) is 48.8 Å². The fourth-order valence-corrected chi connectivity index (χ4v) is 3.31. The van der Waals surface area contributed by atoms with Crippen LogP contribution in [0.4, 0.5) is 10.5 Å². The van der Waals surface area contributed by atoms with Crippen LogP contribution < -0.4 is 10.1 Å². The molecule has 2 amide bonds. The molecule has 8 nitrogen and oxygen atoms in total. The van der Waals surface area contributed by atoms with E-state index >= 15 is 0 Å². The predicted octanol–water partition coefficient (Wildman–Crippen LogP) is 3.29. The first kappa shape index (κ1) is 18.0. The number of aromatic amines is 1. The van der Waals surface area contributed by atoms with Crippen LogP contribution >= 0.6 is 0 Å². The molecule has 0 bridgehead atoms. The van der Waals surface area contributed by atoms with Gasteiger partial charge in [0.2, 0.25) is 0 Å². The topological polar surface area (TPSA) is 96.0 Å². The van der Waals surface area contributed by atoms with Crippen molar-refractivity contribution in [1.29, 1.82) is 0 Å². The molecule has 2 aromatic heterocycles. The third-order valence-electron chi connectivity index (χ3n) is 4.93. The Morgan fingerprint density at radius 3 is 2.68 bits per heavy atom. The van der Waals surface area contributed by atoms with Crippen molar-refractivity contribution in [2.24, 2.45) is 0 Å². The summed E-state index contributed by atoms with van der Waals surface area (Å²) in [6, 6.07) is 11.0. The third kappa shape index (κ3) is 3.95. The van der Waals surface area contributed by atoms with Crippen LogP contribution in [0.5, 0.6) is 5.75 Å². The zero-order valence-electron chi connectivity index (χ0n) is 15.6. The Bertz CT molecular complexity index is 917. The molecule has 0 atom stereocenters. The van der Waals surface area contributed by atoms with Gasteiger partial charge in [-0.3, -0.25) is 10.1 Å². The molecule has 0 radical (unpaired) electrons.